The lowest BCUT2D eigenvalue weighted by molar-refractivity contribution is -0.142. The van der Waals surface area contributed by atoms with Gasteiger partial charge in [-0.05, 0) is 71.8 Å². The molecule has 4 rings (SSSR count). The molecule has 12 heteroatoms. The van der Waals surface area contributed by atoms with Crippen LogP contribution in [0.5, 0.6) is 11.5 Å². The monoisotopic (exact) mass is 649 g/mol. The Labute approximate surface area is 268 Å². The van der Waals surface area contributed by atoms with Crippen LogP contribution in [0.1, 0.15) is 11.1 Å². The van der Waals surface area contributed by atoms with E-state index in [-0.39, 0.29) is 41.7 Å². The number of halogens is 1. The van der Waals surface area contributed by atoms with E-state index >= 15 is 0 Å². The molecule has 4 aromatic rings. The summed E-state index contributed by atoms with van der Waals surface area (Å²) in [7, 11) is -0.855. The number of anilines is 1. The molecule has 0 radical (unpaired) electrons. The predicted molar refractivity (Wildman–Crippen MR) is 172 cm³/mol. The second kappa shape index (κ2) is 16.4. The molecule has 0 fully saturated rings. The van der Waals surface area contributed by atoms with Crippen molar-refractivity contribution in [3.63, 3.8) is 0 Å². The largest absolute Gasteiger partial charge is 0.497 e. The van der Waals surface area contributed by atoms with Gasteiger partial charge < -0.3 is 24.4 Å². The number of rotatable bonds is 16. The number of nitrogens with zero attached hydrogens (tertiary/aromatic N) is 1. The van der Waals surface area contributed by atoms with Crippen LogP contribution in [0, 0.1) is 5.82 Å². The van der Waals surface area contributed by atoms with Crippen LogP contribution in [0.2, 0.25) is 0 Å². The standard InChI is InChI=1S/C34H36FN3O7S/c1-43-21-20-36-34(40)32(22-25-6-4-3-5-7-25)38(23-26-8-14-29(44-2)15-9-26)33(39)24-45-30-16-18-31(19-17-30)46(41,42)37-28-12-10-27(35)11-13-28/h3-19,32,37H,20-24H2,1-2H3,(H,36,40). The molecule has 4 aromatic carbocycles. The maximum Gasteiger partial charge on any atom is 0.261 e. The third-order valence-electron chi connectivity index (χ3n) is 6.98. The zero-order valence-corrected chi connectivity index (χ0v) is 26.3. The number of carbonyl (C=O) groups is 2. The second-order valence-corrected chi connectivity index (χ2v) is 11.9. The van der Waals surface area contributed by atoms with E-state index in [1.54, 1.807) is 19.2 Å². The average Bonchev–Trinajstić information content (AvgIpc) is 3.07. The Hall–Kier alpha value is -4.94. The SMILES string of the molecule is COCCNC(=O)C(Cc1ccccc1)N(Cc1ccc(OC)cc1)C(=O)COc1ccc(S(=O)(=O)Nc2ccc(F)cc2)cc1. The number of methoxy groups -OCH3 is 2. The molecular formula is C34H36FN3O7S. The molecule has 0 saturated carbocycles. The van der Waals surface area contributed by atoms with E-state index in [0.29, 0.717) is 12.4 Å². The van der Waals surface area contributed by atoms with Crippen molar-refractivity contribution in [2.75, 3.05) is 38.7 Å². The number of ether oxygens (including phenoxy) is 3. The second-order valence-electron chi connectivity index (χ2n) is 10.2. The molecule has 0 heterocycles. The molecule has 0 aliphatic heterocycles. The maximum absolute atomic E-state index is 13.8. The average molecular weight is 650 g/mol. The molecule has 1 atom stereocenters. The Balaban J connectivity index is 1.53. The van der Waals surface area contributed by atoms with E-state index in [2.05, 4.69) is 10.0 Å². The Morgan fingerprint density at radius 2 is 1.48 bits per heavy atom. The van der Waals surface area contributed by atoms with Crippen LogP contribution in [-0.2, 0) is 37.3 Å². The number of sulfonamides is 1. The van der Waals surface area contributed by atoms with Crippen LogP contribution in [0.15, 0.2) is 108 Å². The smallest absolute Gasteiger partial charge is 0.261 e. The van der Waals surface area contributed by atoms with Gasteiger partial charge >= 0.3 is 0 Å². The third kappa shape index (κ3) is 9.78. The summed E-state index contributed by atoms with van der Waals surface area (Å²) in [6, 6.07) is 26.2. The highest BCUT2D eigenvalue weighted by molar-refractivity contribution is 7.92. The van der Waals surface area contributed by atoms with Crippen LogP contribution < -0.4 is 19.5 Å². The molecule has 0 aromatic heterocycles. The molecule has 2 amide bonds. The normalized spacial score (nSPS) is 11.7. The number of carbonyl (C=O) groups excluding carboxylic acids is 2. The highest BCUT2D eigenvalue weighted by Crippen LogP contribution is 2.21. The van der Waals surface area contributed by atoms with Crippen molar-refractivity contribution in [3.8, 4) is 11.5 Å². The molecule has 46 heavy (non-hydrogen) atoms. The van der Waals surface area contributed by atoms with Gasteiger partial charge in [-0.25, -0.2) is 12.8 Å². The lowest BCUT2D eigenvalue weighted by atomic mass is 10.0. The molecule has 0 saturated heterocycles. The zero-order chi connectivity index (χ0) is 32.9. The number of hydrogen-bond donors (Lipinski definition) is 2. The molecule has 10 nitrogen and oxygen atoms in total. The van der Waals surface area contributed by atoms with Crippen LogP contribution >= 0.6 is 0 Å². The fourth-order valence-corrected chi connectivity index (χ4v) is 5.61. The fourth-order valence-electron chi connectivity index (χ4n) is 4.55. The minimum absolute atomic E-state index is 0.0488. The first-order valence-corrected chi connectivity index (χ1v) is 15.9. The number of benzene rings is 4. The highest BCUT2D eigenvalue weighted by atomic mass is 32.2. The van der Waals surface area contributed by atoms with Crippen LogP contribution in [0.3, 0.4) is 0 Å². The van der Waals surface area contributed by atoms with Gasteiger partial charge in [-0.15, -0.1) is 0 Å². The van der Waals surface area contributed by atoms with Crippen molar-refractivity contribution in [1.82, 2.24) is 10.2 Å². The summed E-state index contributed by atoms with van der Waals surface area (Å²) in [6.07, 6.45) is 0.259. The van der Waals surface area contributed by atoms with Gasteiger partial charge in [-0.2, -0.15) is 0 Å². The quantitative estimate of drug-likeness (QED) is 0.172. The third-order valence-corrected chi connectivity index (χ3v) is 8.38. The Morgan fingerprint density at radius 1 is 0.826 bits per heavy atom. The lowest BCUT2D eigenvalue weighted by Crippen LogP contribution is -2.52. The topological polar surface area (TPSA) is 123 Å². The van der Waals surface area contributed by atoms with Crippen LogP contribution in [-0.4, -0.2) is 65.2 Å². The molecule has 1 unspecified atom stereocenters. The molecule has 0 bridgehead atoms. The lowest BCUT2D eigenvalue weighted by Gasteiger charge is -2.31. The van der Waals surface area contributed by atoms with Gasteiger partial charge in [0.2, 0.25) is 5.91 Å². The molecular weight excluding hydrogens is 613 g/mol. The van der Waals surface area contributed by atoms with Crippen molar-refractivity contribution in [2.24, 2.45) is 0 Å². The first kappa shape index (κ1) is 33.9. The van der Waals surface area contributed by atoms with Gasteiger partial charge in [0.25, 0.3) is 15.9 Å². The van der Waals surface area contributed by atoms with Crippen molar-refractivity contribution >= 4 is 27.5 Å². The number of amides is 2. The summed E-state index contributed by atoms with van der Waals surface area (Å²) in [4.78, 5) is 28.7. The van der Waals surface area contributed by atoms with Crippen molar-refractivity contribution < 1.29 is 36.6 Å². The predicted octanol–water partition coefficient (Wildman–Crippen LogP) is 4.42. The zero-order valence-electron chi connectivity index (χ0n) is 25.5. The van der Waals surface area contributed by atoms with Crippen molar-refractivity contribution in [2.45, 2.75) is 23.9 Å². The Bertz CT molecular complexity index is 1670. The van der Waals surface area contributed by atoms with Gasteiger partial charge in [0, 0.05) is 32.3 Å². The summed E-state index contributed by atoms with van der Waals surface area (Å²) in [5.74, 6) is -0.372. The molecule has 242 valence electrons. The number of hydrogen-bond acceptors (Lipinski definition) is 7. The highest BCUT2D eigenvalue weighted by Gasteiger charge is 2.30. The summed E-state index contributed by atoms with van der Waals surface area (Å²) in [5.41, 5.74) is 1.86. The summed E-state index contributed by atoms with van der Waals surface area (Å²) >= 11 is 0. The van der Waals surface area contributed by atoms with E-state index in [1.807, 2.05) is 42.5 Å². The first-order valence-electron chi connectivity index (χ1n) is 14.4. The van der Waals surface area contributed by atoms with Crippen LogP contribution in [0.4, 0.5) is 10.1 Å². The van der Waals surface area contributed by atoms with Gasteiger partial charge in [-0.3, -0.25) is 14.3 Å². The van der Waals surface area contributed by atoms with Crippen LogP contribution in [0.25, 0.3) is 0 Å². The molecule has 0 aliphatic carbocycles. The van der Waals surface area contributed by atoms with Gasteiger partial charge in [0.15, 0.2) is 6.61 Å². The van der Waals surface area contributed by atoms with E-state index in [9.17, 15) is 22.4 Å². The van der Waals surface area contributed by atoms with Crippen molar-refractivity contribution in [3.05, 3.63) is 120 Å². The van der Waals surface area contributed by atoms with E-state index in [4.69, 9.17) is 14.2 Å². The molecule has 0 spiro atoms. The van der Waals surface area contributed by atoms with Gasteiger partial charge in [0.1, 0.15) is 23.4 Å². The van der Waals surface area contributed by atoms with E-state index in [1.165, 1.54) is 48.4 Å². The van der Waals surface area contributed by atoms with Crippen molar-refractivity contribution in [1.29, 1.82) is 0 Å². The molecule has 0 aliphatic rings. The fraction of sp³-hybridized carbons (Fsp3) is 0.235. The Morgan fingerprint density at radius 3 is 2.11 bits per heavy atom. The minimum atomic E-state index is -3.95. The Kier molecular flexibility index (Phi) is 12.1. The summed E-state index contributed by atoms with van der Waals surface area (Å²) in [5, 5.41) is 2.86. The first-order chi connectivity index (χ1) is 22.2. The number of nitrogens with one attached hydrogen (secondary N) is 2. The summed E-state index contributed by atoms with van der Waals surface area (Å²) in [6.45, 7) is 0.289. The van der Waals surface area contributed by atoms with Gasteiger partial charge in [-0.1, -0.05) is 42.5 Å². The maximum atomic E-state index is 13.8. The molecule has 2 N–H and O–H groups in total. The summed E-state index contributed by atoms with van der Waals surface area (Å²) < 4.78 is 57.3. The van der Waals surface area contributed by atoms with E-state index in [0.717, 1.165) is 23.3 Å². The van der Waals surface area contributed by atoms with Gasteiger partial charge in [0.05, 0.1) is 18.6 Å². The minimum Gasteiger partial charge on any atom is -0.497 e. The van der Waals surface area contributed by atoms with E-state index < -0.39 is 34.4 Å².